The monoisotopic (exact) mass is 174 g/mol. The summed E-state index contributed by atoms with van der Waals surface area (Å²) < 4.78 is 0. The molecule has 1 rings (SSSR count). The molecule has 0 saturated carbocycles. The fourth-order valence-electron chi connectivity index (χ4n) is 1.04. The molecular formula is C10H10N2O. The molecule has 0 fully saturated rings. The van der Waals surface area contributed by atoms with Crippen molar-refractivity contribution in [2.24, 2.45) is 5.73 Å². The van der Waals surface area contributed by atoms with Gasteiger partial charge in [0.25, 0.3) is 0 Å². The van der Waals surface area contributed by atoms with Crippen LogP contribution in [0.3, 0.4) is 0 Å². The van der Waals surface area contributed by atoms with E-state index in [0.717, 1.165) is 5.56 Å². The summed E-state index contributed by atoms with van der Waals surface area (Å²) in [6, 6.07) is 10.2. The molecule has 3 heteroatoms. The number of carbonyl (C=O) groups excluding carboxylic acids is 1. The van der Waals surface area contributed by atoms with Crippen LogP contribution in [0.15, 0.2) is 30.3 Å². The van der Waals surface area contributed by atoms with Crippen LogP contribution in [-0.2, 0) is 11.2 Å². The van der Waals surface area contributed by atoms with E-state index in [0.29, 0.717) is 6.42 Å². The van der Waals surface area contributed by atoms with Crippen molar-refractivity contribution >= 4 is 5.78 Å². The third-order valence-electron chi connectivity index (χ3n) is 1.75. The standard InChI is InChI=1S/C10H10N2O/c11-7-10(13)9(12)6-8-4-2-1-3-5-8/h1-5,9H,6,12H2. The Labute approximate surface area is 76.8 Å². The summed E-state index contributed by atoms with van der Waals surface area (Å²) in [6.07, 6.45) is 0.424. The first-order chi connectivity index (χ1) is 6.24. The average molecular weight is 174 g/mol. The number of nitrogens with zero attached hydrogens (tertiary/aromatic N) is 1. The molecule has 2 N–H and O–H groups in total. The van der Waals surface area contributed by atoms with Gasteiger partial charge in [-0.3, -0.25) is 4.79 Å². The van der Waals surface area contributed by atoms with Crippen LogP contribution in [0.5, 0.6) is 0 Å². The third-order valence-corrected chi connectivity index (χ3v) is 1.75. The summed E-state index contributed by atoms with van der Waals surface area (Å²) >= 11 is 0. The van der Waals surface area contributed by atoms with Crippen LogP contribution in [0.1, 0.15) is 5.56 Å². The molecule has 0 bridgehead atoms. The van der Waals surface area contributed by atoms with Crippen LogP contribution in [0.25, 0.3) is 0 Å². The fourth-order valence-corrected chi connectivity index (χ4v) is 1.04. The van der Waals surface area contributed by atoms with Gasteiger partial charge < -0.3 is 5.73 Å². The van der Waals surface area contributed by atoms with Crippen LogP contribution < -0.4 is 5.73 Å². The van der Waals surface area contributed by atoms with Gasteiger partial charge in [0.15, 0.2) is 0 Å². The fraction of sp³-hybridized carbons (Fsp3) is 0.200. The number of nitrogens with two attached hydrogens (primary N) is 1. The lowest BCUT2D eigenvalue weighted by molar-refractivity contribution is -0.115. The Balaban J connectivity index is 2.61. The Bertz CT molecular complexity index is 327. The van der Waals surface area contributed by atoms with E-state index >= 15 is 0 Å². The number of benzene rings is 1. The van der Waals surface area contributed by atoms with Gasteiger partial charge in [0.05, 0.1) is 6.04 Å². The van der Waals surface area contributed by atoms with E-state index < -0.39 is 11.8 Å². The Hall–Kier alpha value is -1.66. The number of Topliss-reactive ketones (excluding diaryl/α,β-unsaturated/α-hetero) is 1. The van der Waals surface area contributed by atoms with E-state index in [9.17, 15) is 4.79 Å². The second-order valence-electron chi connectivity index (χ2n) is 2.77. The van der Waals surface area contributed by atoms with Gasteiger partial charge in [0.1, 0.15) is 6.07 Å². The molecule has 66 valence electrons. The number of ketones is 1. The molecule has 0 aliphatic heterocycles. The zero-order valence-electron chi connectivity index (χ0n) is 7.10. The predicted octanol–water partition coefficient (Wildman–Crippen LogP) is 0.649. The SMILES string of the molecule is N#CC(=O)C(N)Cc1ccccc1. The molecule has 0 spiro atoms. The van der Waals surface area contributed by atoms with E-state index in [-0.39, 0.29) is 0 Å². The van der Waals surface area contributed by atoms with Gasteiger partial charge >= 0.3 is 0 Å². The molecule has 1 aromatic rings. The van der Waals surface area contributed by atoms with Crippen LogP contribution in [0, 0.1) is 11.3 Å². The van der Waals surface area contributed by atoms with Gasteiger partial charge in [0.2, 0.25) is 5.78 Å². The maximum absolute atomic E-state index is 10.8. The lowest BCUT2D eigenvalue weighted by atomic mass is 10.0. The number of hydrogen-bond donors (Lipinski definition) is 1. The van der Waals surface area contributed by atoms with Crippen LogP contribution in [0.4, 0.5) is 0 Å². The predicted molar refractivity (Wildman–Crippen MR) is 48.7 cm³/mol. The highest BCUT2D eigenvalue weighted by Gasteiger charge is 2.12. The minimum Gasteiger partial charge on any atom is -0.320 e. The molecule has 0 aliphatic carbocycles. The van der Waals surface area contributed by atoms with Crippen LogP contribution >= 0.6 is 0 Å². The van der Waals surface area contributed by atoms with E-state index in [1.807, 2.05) is 30.3 Å². The number of rotatable bonds is 3. The first-order valence-corrected chi connectivity index (χ1v) is 3.97. The number of nitriles is 1. The summed E-state index contributed by atoms with van der Waals surface area (Å²) in [5.74, 6) is -0.566. The summed E-state index contributed by atoms with van der Waals surface area (Å²) in [4.78, 5) is 10.8. The van der Waals surface area contributed by atoms with Crippen molar-refractivity contribution in [2.75, 3.05) is 0 Å². The zero-order valence-corrected chi connectivity index (χ0v) is 7.10. The van der Waals surface area contributed by atoms with E-state index in [4.69, 9.17) is 11.0 Å². The highest BCUT2D eigenvalue weighted by atomic mass is 16.1. The van der Waals surface area contributed by atoms with Gasteiger partial charge in [-0.15, -0.1) is 0 Å². The molecule has 0 radical (unpaired) electrons. The number of carbonyl (C=O) groups is 1. The zero-order chi connectivity index (χ0) is 9.68. The molecule has 0 amide bonds. The molecule has 1 atom stereocenters. The van der Waals surface area contributed by atoms with Crippen molar-refractivity contribution < 1.29 is 4.79 Å². The summed E-state index contributed by atoms with van der Waals surface area (Å²) in [6.45, 7) is 0. The Morgan fingerprint density at radius 3 is 2.62 bits per heavy atom. The molecule has 13 heavy (non-hydrogen) atoms. The topological polar surface area (TPSA) is 66.9 Å². The Kier molecular flexibility index (Phi) is 3.18. The van der Waals surface area contributed by atoms with Crippen molar-refractivity contribution in [3.05, 3.63) is 35.9 Å². The molecule has 1 aromatic carbocycles. The third kappa shape index (κ3) is 2.69. The summed E-state index contributed by atoms with van der Waals surface area (Å²) in [5.41, 5.74) is 6.46. The molecule has 0 aliphatic rings. The normalized spacial score (nSPS) is 11.7. The van der Waals surface area contributed by atoms with Gasteiger partial charge in [-0.2, -0.15) is 5.26 Å². The first-order valence-electron chi connectivity index (χ1n) is 3.97. The second-order valence-corrected chi connectivity index (χ2v) is 2.77. The van der Waals surface area contributed by atoms with E-state index in [1.165, 1.54) is 6.07 Å². The van der Waals surface area contributed by atoms with Crippen molar-refractivity contribution in [3.63, 3.8) is 0 Å². The second kappa shape index (κ2) is 4.39. The highest BCUT2D eigenvalue weighted by molar-refractivity contribution is 5.97. The first kappa shape index (κ1) is 9.43. The molecule has 1 unspecified atom stereocenters. The molecular weight excluding hydrogens is 164 g/mol. The van der Waals surface area contributed by atoms with Crippen LogP contribution in [0.2, 0.25) is 0 Å². The molecule has 3 nitrogen and oxygen atoms in total. The smallest absolute Gasteiger partial charge is 0.248 e. The van der Waals surface area contributed by atoms with E-state index in [2.05, 4.69) is 0 Å². The van der Waals surface area contributed by atoms with Crippen molar-refractivity contribution in [1.82, 2.24) is 0 Å². The van der Waals surface area contributed by atoms with Gasteiger partial charge in [-0.05, 0) is 12.0 Å². The minimum absolute atomic E-state index is 0.424. The van der Waals surface area contributed by atoms with Gasteiger partial charge in [-0.25, -0.2) is 0 Å². The molecule has 0 saturated heterocycles. The van der Waals surface area contributed by atoms with Crippen molar-refractivity contribution in [1.29, 1.82) is 5.26 Å². The lowest BCUT2D eigenvalue weighted by Gasteiger charge is -2.04. The maximum Gasteiger partial charge on any atom is 0.248 e. The quantitative estimate of drug-likeness (QED) is 0.684. The highest BCUT2D eigenvalue weighted by Crippen LogP contribution is 2.01. The lowest BCUT2D eigenvalue weighted by Crippen LogP contribution is -2.31. The number of hydrogen-bond acceptors (Lipinski definition) is 3. The van der Waals surface area contributed by atoms with Gasteiger partial charge in [0, 0.05) is 0 Å². The Morgan fingerprint density at radius 1 is 1.46 bits per heavy atom. The summed E-state index contributed by atoms with van der Waals surface area (Å²) in [5, 5.41) is 8.30. The van der Waals surface area contributed by atoms with E-state index in [1.54, 1.807) is 0 Å². The van der Waals surface area contributed by atoms with Gasteiger partial charge in [-0.1, -0.05) is 30.3 Å². The van der Waals surface area contributed by atoms with Crippen molar-refractivity contribution in [2.45, 2.75) is 12.5 Å². The minimum atomic E-state index is -0.701. The molecule has 0 aromatic heterocycles. The van der Waals surface area contributed by atoms with Crippen LogP contribution in [-0.4, -0.2) is 11.8 Å². The maximum atomic E-state index is 10.8. The van der Waals surface area contributed by atoms with Crippen molar-refractivity contribution in [3.8, 4) is 6.07 Å². The molecule has 0 heterocycles. The summed E-state index contributed by atoms with van der Waals surface area (Å²) in [7, 11) is 0. The largest absolute Gasteiger partial charge is 0.320 e. The Morgan fingerprint density at radius 2 is 2.08 bits per heavy atom. The average Bonchev–Trinajstić information content (AvgIpc) is 2.18.